The molecule has 2 fully saturated rings. The molecule has 1 aromatic rings. The van der Waals surface area contributed by atoms with E-state index in [0.717, 1.165) is 38.5 Å². The standard InChI is InChI=1S/C22H32N2O5S/c1-3-29-21(26)22(13-6-4-7-14-22)23-20(25)18-11-9-12-19(16-18)30(27,28)24-15-8-5-10-17(24)2/h9,11-12,16-17H,3-8,10,13-15H2,1-2H3,(H,23,25). The van der Waals surface area contributed by atoms with E-state index in [0.29, 0.717) is 19.4 Å². The molecule has 1 N–H and O–H groups in total. The van der Waals surface area contributed by atoms with Crippen molar-refractivity contribution in [2.75, 3.05) is 13.2 Å². The Morgan fingerprint density at radius 1 is 1.17 bits per heavy atom. The first-order chi connectivity index (χ1) is 14.3. The minimum Gasteiger partial charge on any atom is -0.464 e. The highest BCUT2D eigenvalue weighted by Crippen LogP contribution is 2.30. The molecule has 0 aromatic heterocycles. The van der Waals surface area contributed by atoms with Gasteiger partial charge in [0.25, 0.3) is 5.91 Å². The van der Waals surface area contributed by atoms with Crippen molar-refractivity contribution >= 4 is 21.9 Å². The van der Waals surface area contributed by atoms with E-state index in [9.17, 15) is 18.0 Å². The van der Waals surface area contributed by atoms with Gasteiger partial charge in [-0.1, -0.05) is 31.7 Å². The van der Waals surface area contributed by atoms with Gasteiger partial charge in [-0.15, -0.1) is 0 Å². The first kappa shape index (κ1) is 22.7. The molecule has 0 spiro atoms. The fourth-order valence-electron chi connectivity index (χ4n) is 4.46. The quantitative estimate of drug-likeness (QED) is 0.691. The van der Waals surface area contributed by atoms with E-state index in [1.54, 1.807) is 19.1 Å². The van der Waals surface area contributed by atoms with Crippen molar-refractivity contribution in [1.29, 1.82) is 0 Å². The van der Waals surface area contributed by atoms with E-state index < -0.39 is 27.4 Å². The fourth-order valence-corrected chi connectivity index (χ4v) is 6.20. The van der Waals surface area contributed by atoms with Crippen LogP contribution in [0.3, 0.4) is 0 Å². The molecule has 1 unspecified atom stereocenters. The van der Waals surface area contributed by atoms with Crippen molar-refractivity contribution in [2.45, 2.75) is 81.7 Å². The molecule has 1 atom stereocenters. The summed E-state index contributed by atoms with van der Waals surface area (Å²) in [6.45, 7) is 4.40. The van der Waals surface area contributed by atoms with Gasteiger partial charge in [0, 0.05) is 18.2 Å². The van der Waals surface area contributed by atoms with Crippen LogP contribution in [0.15, 0.2) is 29.2 Å². The maximum atomic E-state index is 13.1. The molecule has 7 nitrogen and oxygen atoms in total. The third-order valence-corrected chi connectivity index (χ3v) is 8.18. The Morgan fingerprint density at radius 2 is 1.90 bits per heavy atom. The van der Waals surface area contributed by atoms with Crippen molar-refractivity contribution in [3.05, 3.63) is 29.8 Å². The zero-order chi connectivity index (χ0) is 21.8. The van der Waals surface area contributed by atoms with E-state index in [1.807, 2.05) is 6.92 Å². The normalized spacial score (nSPS) is 22.3. The number of sulfonamides is 1. The van der Waals surface area contributed by atoms with Gasteiger partial charge in [-0.2, -0.15) is 4.31 Å². The Balaban J connectivity index is 1.84. The molecule has 2 aliphatic rings. The molecule has 3 rings (SSSR count). The number of hydrogen-bond acceptors (Lipinski definition) is 5. The topological polar surface area (TPSA) is 92.8 Å². The van der Waals surface area contributed by atoms with Crippen molar-refractivity contribution in [3.63, 3.8) is 0 Å². The first-order valence-corrected chi connectivity index (χ1v) is 12.4. The summed E-state index contributed by atoms with van der Waals surface area (Å²) in [5.41, 5.74) is -0.809. The van der Waals surface area contributed by atoms with Crippen molar-refractivity contribution in [2.24, 2.45) is 0 Å². The second-order valence-electron chi connectivity index (χ2n) is 8.31. The zero-order valence-electron chi connectivity index (χ0n) is 17.9. The minimum absolute atomic E-state index is 0.0597. The number of nitrogens with zero attached hydrogens (tertiary/aromatic N) is 1. The van der Waals surface area contributed by atoms with E-state index in [-0.39, 0.29) is 23.1 Å². The molecule has 1 heterocycles. The number of ether oxygens (including phenoxy) is 1. The number of carbonyl (C=O) groups excluding carboxylic acids is 2. The largest absolute Gasteiger partial charge is 0.464 e. The highest BCUT2D eigenvalue weighted by Gasteiger charge is 2.42. The second kappa shape index (κ2) is 9.47. The summed E-state index contributed by atoms with van der Waals surface area (Å²) < 4.78 is 33.0. The number of piperidine rings is 1. The molecule has 8 heteroatoms. The summed E-state index contributed by atoms with van der Waals surface area (Å²) in [5.74, 6) is -0.863. The van der Waals surface area contributed by atoms with Crippen LogP contribution in [0.25, 0.3) is 0 Å². The van der Waals surface area contributed by atoms with Crippen LogP contribution in [-0.4, -0.2) is 49.3 Å². The Labute approximate surface area is 179 Å². The lowest BCUT2D eigenvalue weighted by Gasteiger charge is -2.35. The second-order valence-corrected chi connectivity index (χ2v) is 10.2. The maximum Gasteiger partial charge on any atom is 0.331 e. The van der Waals surface area contributed by atoms with E-state index in [4.69, 9.17) is 4.74 Å². The van der Waals surface area contributed by atoms with Gasteiger partial charge in [-0.05, 0) is 57.7 Å². The number of amides is 1. The van der Waals surface area contributed by atoms with Crippen LogP contribution in [0.1, 0.15) is 75.6 Å². The molecule has 0 radical (unpaired) electrons. The van der Waals surface area contributed by atoms with E-state index in [1.165, 1.54) is 16.4 Å². The number of nitrogens with one attached hydrogen (secondary N) is 1. The Hall–Kier alpha value is -1.93. The number of benzene rings is 1. The lowest BCUT2D eigenvalue weighted by atomic mass is 9.81. The minimum atomic E-state index is -3.68. The molecule has 1 aromatic carbocycles. The smallest absolute Gasteiger partial charge is 0.331 e. The predicted octanol–water partition coefficient (Wildman–Crippen LogP) is 3.25. The molecule has 1 aliphatic carbocycles. The zero-order valence-corrected chi connectivity index (χ0v) is 18.7. The molecule has 1 saturated carbocycles. The SMILES string of the molecule is CCOC(=O)C1(NC(=O)c2cccc(S(=O)(=O)N3CCCCC3C)c2)CCCCC1. The Morgan fingerprint density at radius 3 is 2.57 bits per heavy atom. The molecular weight excluding hydrogens is 404 g/mol. The van der Waals surface area contributed by atoms with Gasteiger partial charge in [-0.25, -0.2) is 13.2 Å². The number of hydrogen-bond donors (Lipinski definition) is 1. The third kappa shape index (κ3) is 4.70. The van der Waals surface area contributed by atoms with E-state index >= 15 is 0 Å². The van der Waals surface area contributed by atoms with Gasteiger partial charge in [0.15, 0.2) is 0 Å². The molecule has 166 valence electrons. The lowest BCUT2D eigenvalue weighted by Crippen LogP contribution is -2.56. The molecule has 1 saturated heterocycles. The van der Waals surface area contributed by atoms with Gasteiger partial charge in [0.1, 0.15) is 5.54 Å². The van der Waals surface area contributed by atoms with Crippen molar-refractivity contribution in [3.8, 4) is 0 Å². The average molecular weight is 437 g/mol. The molecule has 0 bridgehead atoms. The Bertz CT molecular complexity index is 877. The summed E-state index contributed by atoms with van der Waals surface area (Å²) in [6, 6.07) is 6.03. The number of esters is 1. The highest BCUT2D eigenvalue weighted by molar-refractivity contribution is 7.89. The van der Waals surface area contributed by atoms with Crippen LogP contribution in [0.2, 0.25) is 0 Å². The number of rotatable bonds is 6. The van der Waals surface area contributed by atoms with Gasteiger partial charge in [0.05, 0.1) is 11.5 Å². The van der Waals surface area contributed by atoms with E-state index in [2.05, 4.69) is 5.32 Å². The summed E-state index contributed by atoms with van der Waals surface area (Å²) in [4.78, 5) is 25.7. The summed E-state index contributed by atoms with van der Waals surface area (Å²) in [6.07, 6.45) is 6.43. The van der Waals surface area contributed by atoms with Crippen LogP contribution in [0.4, 0.5) is 0 Å². The highest BCUT2D eigenvalue weighted by atomic mass is 32.2. The molecular formula is C22H32N2O5S. The fraction of sp³-hybridized carbons (Fsp3) is 0.636. The summed E-state index contributed by atoms with van der Waals surface area (Å²) >= 11 is 0. The van der Waals surface area contributed by atoms with Gasteiger partial charge in [0.2, 0.25) is 10.0 Å². The summed E-state index contributed by atoms with van der Waals surface area (Å²) in [7, 11) is -3.68. The van der Waals surface area contributed by atoms with Crippen LogP contribution >= 0.6 is 0 Å². The predicted molar refractivity (Wildman–Crippen MR) is 114 cm³/mol. The van der Waals surface area contributed by atoms with Gasteiger partial charge < -0.3 is 10.1 Å². The molecule has 1 amide bonds. The van der Waals surface area contributed by atoms with Crippen LogP contribution in [0.5, 0.6) is 0 Å². The molecule has 1 aliphatic heterocycles. The van der Waals surface area contributed by atoms with Crippen LogP contribution < -0.4 is 5.32 Å². The van der Waals surface area contributed by atoms with Gasteiger partial charge >= 0.3 is 5.97 Å². The first-order valence-electron chi connectivity index (χ1n) is 10.9. The van der Waals surface area contributed by atoms with Gasteiger partial charge in [-0.3, -0.25) is 4.79 Å². The van der Waals surface area contributed by atoms with Crippen molar-refractivity contribution in [1.82, 2.24) is 9.62 Å². The monoisotopic (exact) mass is 436 g/mol. The molecule has 30 heavy (non-hydrogen) atoms. The average Bonchev–Trinajstić information content (AvgIpc) is 2.75. The maximum absolute atomic E-state index is 13.1. The van der Waals surface area contributed by atoms with Crippen LogP contribution in [-0.2, 0) is 19.6 Å². The Kier molecular flexibility index (Phi) is 7.18. The lowest BCUT2D eigenvalue weighted by molar-refractivity contribution is -0.152. The summed E-state index contributed by atoms with van der Waals surface area (Å²) in [5, 5.41) is 2.88. The number of carbonyl (C=O) groups is 2. The third-order valence-electron chi connectivity index (χ3n) is 6.17. The van der Waals surface area contributed by atoms with Crippen molar-refractivity contribution < 1.29 is 22.7 Å². The van der Waals surface area contributed by atoms with Crippen LogP contribution in [0, 0.1) is 0 Å².